The highest BCUT2D eigenvalue weighted by Gasteiger charge is 2.52. The Labute approximate surface area is 196 Å². The van der Waals surface area contributed by atoms with E-state index in [1.807, 2.05) is 0 Å². The highest BCUT2D eigenvalue weighted by Crippen LogP contribution is 2.58. The average Bonchev–Trinajstić information content (AvgIpc) is 2.44. The molecule has 0 saturated carbocycles. The molecule has 0 aliphatic rings. The number of rotatable bonds is 6. The van der Waals surface area contributed by atoms with Gasteiger partial charge < -0.3 is 0 Å². The van der Waals surface area contributed by atoms with E-state index in [2.05, 4.69) is 0 Å². The van der Waals surface area contributed by atoms with Crippen molar-refractivity contribution in [3.63, 3.8) is 0 Å². The molecule has 0 atom stereocenters. The third kappa shape index (κ3) is 5.80. The molecule has 11 heteroatoms. The van der Waals surface area contributed by atoms with Gasteiger partial charge in [0, 0.05) is 0 Å². The van der Waals surface area contributed by atoms with Crippen LogP contribution in [0.15, 0.2) is 18.2 Å². The first-order chi connectivity index (χ1) is 11.2. The molecular weight excluding hydrogens is 539 g/mol. The first-order valence-corrected chi connectivity index (χ1v) is 10.6. The SMILES string of the molecule is [O]CCCCc1c(C(Cl)(Cl)C(Cl)(Cl)Cl)cccc1C(Cl)(Cl)C(Cl)(Cl)Cl. The van der Waals surface area contributed by atoms with Gasteiger partial charge in [-0.15, -0.1) is 0 Å². The first-order valence-electron chi connectivity index (χ1n) is 6.78. The van der Waals surface area contributed by atoms with Gasteiger partial charge in [0.05, 0.1) is 6.61 Å². The van der Waals surface area contributed by atoms with E-state index in [9.17, 15) is 5.11 Å². The molecule has 25 heavy (non-hydrogen) atoms. The van der Waals surface area contributed by atoms with E-state index < -0.39 is 16.3 Å². The maximum absolute atomic E-state index is 10.8. The second-order valence-electron chi connectivity index (χ2n) is 5.14. The fourth-order valence-electron chi connectivity index (χ4n) is 2.15. The Morgan fingerprint density at radius 1 is 0.680 bits per heavy atom. The lowest BCUT2D eigenvalue weighted by molar-refractivity contribution is 0.187. The largest absolute Gasteiger partial charge is 0.237 e. The first kappa shape index (κ1) is 25.1. The zero-order chi connectivity index (χ0) is 19.7. The molecule has 0 heterocycles. The maximum Gasteiger partial charge on any atom is 0.227 e. The van der Waals surface area contributed by atoms with Gasteiger partial charge in [0.25, 0.3) is 0 Å². The highest BCUT2D eigenvalue weighted by atomic mass is 35.6. The number of unbranched alkanes of at least 4 members (excludes halogenated alkanes) is 1. The molecule has 1 radical (unpaired) electrons. The molecule has 0 spiro atoms. The van der Waals surface area contributed by atoms with Crippen molar-refractivity contribution in [3.8, 4) is 0 Å². The van der Waals surface area contributed by atoms with Crippen LogP contribution in [0.4, 0.5) is 0 Å². The molecule has 0 aliphatic carbocycles. The zero-order valence-electron chi connectivity index (χ0n) is 12.2. The molecule has 0 aliphatic heterocycles. The number of alkyl halides is 10. The Bertz CT molecular complexity index is 544. The van der Waals surface area contributed by atoms with Gasteiger partial charge in [-0.1, -0.05) is 134 Å². The summed E-state index contributed by atoms with van der Waals surface area (Å²) in [5, 5.41) is 10.8. The van der Waals surface area contributed by atoms with Gasteiger partial charge in [0.1, 0.15) is 0 Å². The van der Waals surface area contributed by atoms with Gasteiger partial charge in [-0.2, -0.15) is 0 Å². The van der Waals surface area contributed by atoms with Gasteiger partial charge in [-0.05, 0) is 36.0 Å². The van der Waals surface area contributed by atoms with Gasteiger partial charge in [-0.25, -0.2) is 5.11 Å². The smallest absolute Gasteiger partial charge is 0.227 e. The quantitative estimate of drug-likeness (QED) is 0.251. The highest BCUT2D eigenvalue weighted by molar-refractivity contribution is 6.76. The van der Waals surface area contributed by atoms with Crippen LogP contribution in [-0.4, -0.2) is 14.2 Å². The van der Waals surface area contributed by atoms with Crippen molar-refractivity contribution >= 4 is 116 Å². The summed E-state index contributed by atoms with van der Waals surface area (Å²) in [6.45, 7) is -0.258. The lowest BCUT2D eigenvalue weighted by Gasteiger charge is -2.34. The molecule has 0 aromatic heterocycles. The Morgan fingerprint density at radius 2 is 1.08 bits per heavy atom. The Balaban J connectivity index is 3.62. The number of benzene rings is 1. The Hall–Kier alpha value is 2.08. The van der Waals surface area contributed by atoms with Gasteiger partial charge in [0.2, 0.25) is 7.59 Å². The zero-order valence-corrected chi connectivity index (χ0v) is 19.8. The summed E-state index contributed by atoms with van der Waals surface area (Å²) in [6, 6.07) is 4.66. The van der Waals surface area contributed by atoms with E-state index in [4.69, 9.17) is 116 Å². The van der Waals surface area contributed by atoms with Crippen LogP contribution >= 0.6 is 116 Å². The minimum Gasteiger partial charge on any atom is -0.237 e. The molecule has 0 N–H and O–H groups in total. The van der Waals surface area contributed by atoms with E-state index in [-0.39, 0.29) is 17.7 Å². The second kappa shape index (κ2) is 9.26. The maximum atomic E-state index is 10.8. The number of hydrogen-bond acceptors (Lipinski definition) is 0. The van der Waals surface area contributed by atoms with Crippen molar-refractivity contribution in [2.45, 2.75) is 35.5 Å². The van der Waals surface area contributed by atoms with Crippen molar-refractivity contribution in [2.75, 3.05) is 6.61 Å². The normalized spacial score (nSPS) is 14.0. The molecule has 0 amide bonds. The predicted octanol–water partition coefficient (Wildman–Crippen LogP) is 8.44. The number of hydrogen-bond donors (Lipinski definition) is 0. The summed E-state index contributed by atoms with van der Waals surface area (Å²) in [4.78, 5) is 0. The summed E-state index contributed by atoms with van der Waals surface area (Å²) >= 11 is 60.8. The van der Waals surface area contributed by atoms with Gasteiger partial charge in [-0.3, -0.25) is 0 Å². The standard InChI is InChI=1S/C14H11Cl10O/c15-11(16,13(19,20)21)9-5-3-6-10(8(9)4-1-2-7-25)12(17,18)14(22,23)24/h3,5-6H,1-2,4,7H2. The second-order valence-corrected chi connectivity index (χ2v) is 12.4. The van der Waals surface area contributed by atoms with Crippen LogP contribution in [0, 0.1) is 0 Å². The van der Waals surface area contributed by atoms with E-state index in [1.54, 1.807) is 18.2 Å². The topological polar surface area (TPSA) is 19.9 Å². The van der Waals surface area contributed by atoms with Crippen LogP contribution in [0.5, 0.6) is 0 Å². The molecule has 0 bridgehead atoms. The van der Waals surface area contributed by atoms with Crippen molar-refractivity contribution in [3.05, 3.63) is 34.9 Å². The Kier molecular flexibility index (Phi) is 9.31. The van der Waals surface area contributed by atoms with Crippen molar-refractivity contribution in [1.29, 1.82) is 0 Å². The number of halogens is 10. The monoisotopic (exact) mass is 545 g/mol. The van der Waals surface area contributed by atoms with E-state index in [0.29, 0.717) is 24.8 Å². The van der Waals surface area contributed by atoms with Gasteiger partial charge in [0.15, 0.2) is 8.67 Å². The lowest BCUT2D eigenvalue weighted by atomic mass is 9.92. The minimum absolute atomic E-state index is 0.249. The molecular formula is C14H11Cl10O. The lowest BCUT2D eigenvalue weighted by Crippen LogP contribution is -2.33. The van der Waals surface area contributed by atoms with Crippen molar-refractivity contribution < 1.29 is 5.11 Å². The van der Waals surface area contributed by atoms with E-state index in [0.717, 1.165) is 0 Å². The van der Waals surface area contributed by atoms with Crippen LogP contribution in [0.1, 0.15) is 29.5 Å². The van der Waals surface area contributed by atoms with Crippen molar-refractivity contribution in [1.82, 2.24) is 0 Å². The van der Waals surface area contributed by atoms with Gasteiger partial charge >= 0.3 is 0 Å². The van der Waals surface area contributed by atoms with E-state index >= 15 is 0 Å². The average molecular weight is 550 g/mol. The predicted molar refractivity (Wildman–Crippen MR) is 112 cm³/mol. The fraction of sp³-hybridized carbons (Fsp3) is 0.571. The molecule has 0 unspecified atom stereocenters. The van der Waals surface area contributed by atoms with E-state index in [1.165, 1.54) is 0 Å². The molecule has 1 rings (SSSR count). The molecule has 1 aromatic rings. The van der Waals surface area contributed by atoms with Crippen molar-refractivity contribution in [2.24, 2.45) is 0 Å². The summed E-state index contributed by atoms with van der Waals surface area (Å²) < 4.78 is -8.00. The Morgan fingerprint density at radius 3 is 1.40 bits per heavy atom. The summed E-state index contributed by atoms with van der Waals surface area (Å²) in [5.74, 6) is 0. The summed E-state index contributed by atoms with van der Waals surface area (Å²) in [6.07, 6.45) is 1.20. The van der Waals surface area contributed by atoms with Crippen LogP contribution in [0.3, 0.4) is 0 Å². The third-order valence-electron chi connectivity index (χ3n) is 3.39. The van der Waals surface area contributed by atoms with Crippen LogP contribution in [-0.2, 0) is 20.2 Å². The molecule has 0 saturated heterocycles. The molecule has 0 fully saturated rings. The molecule has 1 aromatic carbocycles. The minimum atomic E-state index is -2.07. The molecule has 143 valence electrons. The molecule has 1 nitrogen and oxygen atoms in total. The van der Waals surface area contributed by atoms with Crippen LogP contribution < -0.4 is 0 Å². The fourth-order valence-corrected chi connectivity index (χ4v) is 3.47. The third-order valence-corrected chi connectivity index (χ3v) is 8.20. The van der Waals surface area contributed by atoms with Crippen LogP contribution in [0.25, 0.3) is 0 Å². The van der Waals surface area contributed by atoms with Crippen LogP contribution in [0.2, 0.25) is 0 Å². The summed E-state index contributed by atoms with van der Waals surface area (Å²) in [7, 11) is 0. The summed E-state index contributed by atoms with van der Waals surface area (Å²) in [5.41, 5.74) is 0.946.